The second kappa shape index (κ2) is 6.56. The van der Waals surface area contributed by atoms with Crippen molar-refractivity contribution in [2.45, 2.75) is 6.92 Å². The fourth-order valence-electron chi connectivity index (χ4n) is 1.36. The predicted molar refractivity (Wildman–Crippen MR) is 66.9 cm³/mol. The molecule has 0 heterocycles. The van der Waals surface area contributed by atoms with Crippen LogP contribution in [-0.2, 0) is 0 Å². The first-order valence-electron chi connectivity index (χ1n) is 5.38. The highest BCUT2D eigenvalue weighted by Crippen LogP contribution is 2.18. The summed E-state index contributed by atoms with van der Waals surface area (Å²) in [5, 5.41) is 2.73. The van der Waals surface area contributed by atoms with Crippen LogP contribution in [-0.4, -0.2) is 26.1 Å². The third-order valence-corrected chi connectivity index (χ3v) is 2.12. The third kappa shape index (κ3) is 3.51. The monoisotopic (exact) mass is 232 g/mol. The molecule has 0 fully saturated rings. The lowest BCUT2D eigenvalue weighted by molar-refractivity contribution is 0.0956. The Morgan fingerprint density at radius 3 is 2.88 bits per heavy atom. The molecule has 0 aliphatic rings. The minimum Gasteiger partial charge on any atom is -0.495 e. The molecule has 1 rings (SSSR count). The van der Waals surface area contributed by atoms with Gasteiger partial charge >= 0.3 is 0 Å². The first-order chi connectivity index (χ1) is 8.22. The Kier molecular flexibility index (Phi) is 5.05. The van der Waals surface area contributed by atoms with Crippen LogP contribution in [0.25, 0.3) is 0 Å². The van der Waals surface area contributed by atoms with Crippen molar-refractivity contribution < 1.29 is 9.53 Å². The van der Waals surface area contributed by atoms with Crippen LogP contribution in [0.4, 0.5) is 0 Å². The molecule has 0 aliphatic heterocycles. The van der Waals surface area contributed by atoms with Gasteiger partial charge in [-0.2, -0.15) is 0 Å². The van der Waals surface area contributed by atoms with Gasteiger partial charge in [0, 0.05) is 12.1 Å². The van der Waals surface area contributed by atoms with Gasteiger partial charge < -0.3 is 15.8 Å². The molecule has 4 nitrogen and oxygen atoms in total. The van der Waals surface area contributed by atoms with Crippen LogP contribution in [0, 0.1) is 11.8 Å². The molecule has 0 aromatic heterocycles. The number of nitrogens with two attached hydrogens (primary N) is 1. The van der Waals surface area contributed by atoms with Crippen molar-refractivity contribution in [3.63, 3.8) is 0 Å². The topological polar surface area (TPSA) is 64.3 Å². The number of benzene rings is 1. The number of hydrogen-bond donors (Lipinski definition) is 2. The molecule has 0 saturated carbocycles. The molecular formula is C13H16N2O2. The van der Waals surface area contributed by atoms with E-state index < -0.39 is 0 Å². The van der Waals surface area contributed by atoms with Crippen molar-refractivity contribution in [1.82, 2.24) is 5.32 Å². The summed E-state index contributed by atoms with van der Waals surface area (Å²) < 4.78 is 5.16. The van der Waals surface area contributed by atoms with Gasteiger partial charge in [-0.25, -0.2) is 0 Å². The summed E-state index contributed by atoms with van der Waals surface area (Å²) in [4.78, 5) is 11.6. The molecule has 90 valence electrons. The molecule has 17 heavy (non-hydrogen) atoms. The van der Waals surface area contributed by atoms with E-state index in [-0.39, 0.29) is 12.5 Å². The molecule has 1 aromatic carbocycles. The molecule has 4 heteroatoms. The standard InChI is InChI=1S/C13H16N2O2/c1-3-15-13(16)11-6-7-12(17-2)10(9-11)5-4-8-14/h6-7,9H,3,8,14H2,1-2H3,(H,15,16). The van der Waals surface area contributed by atoms with Crippen molar-refractivity contribution in [1.29, 1.82) is 0 Å². The third-order valence-electron chi connectivity index (χ3n) is 2.12. The van der Waals surface area contributed by atoms with Crippen molar-refractivity contribution in [2.75, 3.05) is 20.2 Å². The zero-order chi connectivity index (χ0) is 12.7. The van der Waals surface area contributed by atoms with Gasteiger partial charge in [0.2, 0.25) is 0 Å². The van der Waals surface area contributed by atoms with E-state index in [9.17, 15) is 4.79 Å². The summed E-state index contributed by atoms with van der Waals surface area (Å²) in [6, 6.07) is 5.13. The SMILES string of the molecule is CCNC(=O)c1ccc(OC)c(C#CCN)c1. The van der Waals surface area contributed by atoms with Gasteiger partial charge in [-0.1, -0.05) is 11.8 Å². The lowest BCUT2D eigenvalue weighted by Gasteiger charge is -2.06. The van der Waals surface area contributed by atoms with Crippen LogP contribution in [0.1, 0.15) is 22.8 Å². The maximum absolute atomic E-state index is 11.6. The van der Waals surface area contributed by atoms with Gasteiger partial charge in [0.15, 0.2) is 0 Å². The molecule has 0 aliphatic carbocycles. The number of nitrogens with one attached hydrogen (secondary N) is 1. The Hall–Kier alpha value is -1.99. The second-order valence-electron chi connectivity index (χ2n) is 3.28. The highest BCUT2D eigenvalue weighted by molar-refractivity contribution is 5.94. The Balaban J connectivity index is 3.08. The van der Waals surface area contributed by atoms with Crippen LogP contribution in [0.2, 0.25) is 0 Å². The lowest BCUT2D eigenvalue weighted by Crippen LogP contribution is -2.22. The molecule has 0 saturated heterocycles. The number of methoxy groups -OCH3 is 1. The maximum Gasteiger partial charge on any atom is 0.251 e. The van der Waals surface area contributed by atoms with Crippen LogP contribution < -0.4 is 15.8 Å². The van der Waals surface area contributed by atoms with E-state index in [0.29, 0.717) is 23.4 Å². The zero-order valence-corrected chi connectivity index (χ0v) is 10.0. The fourth-order valence-corrected chi connectivity index (χ4v) is 1.36. The average Bonchev–Trinajstić information content (AvgIpc) is 2.36. The molecular weight excluding hydrogens is 216 g/mol. The summed E-state index contributed by atoms with van der Waals surface area (Å²) in [6.45, 7) is 2.74. The largest absolute Gasteiger partial charge is 0.495 e. The van der Waals surface area contributed by atoms with Gasteiger partial charge in [0.1, 0.15) is 5.75 Å². The number of rotatable bonds is 3. The molecule has 0 unspecified atom stereocenters. The van der Waals surface area contributed by atoms with E-state index in [4.69, 9.17) is 10.5 Å². The predicted octanol–water partition coefficient (Wildman–Crippen LogP) is 0.755. The van der Waals surface area contributed by atoms with Crippen molar-refractivity contribution in [3.05, 3.63) is 29.3 Å². The first kappa shape index (κ1) is 13.1. The van der Waals surface area contributed by atoms with Crippen LogP contribution in [0.5, 0.6) is 5.75 Å². The fraction of sp³-hybridized carbons (Fsp3) is 0.308. The Morgan fingerprint density at radius 2 is 2.29 bits per heavy atom. The average molecular weight is 232 g/mol. The summed E-state index contributed by atoms with van der Waals surface area (Å²) in [7, 11) is 1.56. The summed E-state index contributed by atoms with van der Waals surface area (Å²) in [5.41, 5.74) is 6.55. The van der Waals surface area contributed by atoms with E-state index in [1.54, 1.807) is 25.3 Å². The number of carbonyl (C=O) groups excluding carboxylic acids is 1. The Labute approximate surface area is 101 Å². The lowest BCUT2D eigenvalue weighted by atomic mass is 10.1. The molecule has 1 aromatic rings. The minimum absolute atomic E-state index is 0.119. The van der Waals surface area contributed by atoms with Gasteiger partial charge in [0.05, 0.1) is 19.2 Å². The minimum atomic E-state index is -0.119. The maximum atomic E-state index is 11.6. The summed E-state index contributed by atoms with van der Waals surface area (Å²) >= 11 is 0. The highest BCUT2D eigenvalue weighted by atomic mass is 16.5. The van der Waals surface area contributed by atoms with Crippen LogP contribution in [0.3, 0.4) is 0 Å². The van der Waals surface area contributed by atoms with Gasteiger partial charge in [-0.3, -0.25) is 4.79 Å². The number of ether oxygens (including phenoxy) is 1. The normalized spacial score (nSPS) is 9.12. The molecule has 3 N–H and O–H groups in total. The van der Waals surface area contributed by atoms with E-state index in [0.717, 1.165) is 0 Å². The molecule has 1 amide bonds. The number of amides is 1. The summed E-state index contributed by atoms with van der Waals surface area (Å²) in [5.74, 6) is 6.14. The molecule has 0 bridgehead atoms. The van der Waals surface area contributed by atoms with E-state index in [1.807, 2.05) is 6.92 Å². The van der Waals surface area contributed by atoms with E-state index >= 15 is 0 Å². The molecule has 0 atom stereocenters. The number of hydrogen-bond acceptors (Lipinski definition) is 3. The van der Waals surface area contributed by atoms with Crippen LogP contribution >= 0.6 is 0 Å². The van der Waals surface area contributed by atoms with Crippen molar-refractivity contribution in [3.8, 4) is 17.6 Å². The Bertz CT molecular complexity index is 458. The van der Waals surface area contributed by atoms with Gasteiger partial charge in [-0.15, -0.1) is 0 Å². The second-order valence-corrected chi connectivity index (χ2v) is 3.28. The van der Waals surface area contributed by atoms with Crippen LogP contribution in [0.15, 0.2) is 18.2 Å². The number of carbonyl (C=O) groups is 1. The Morgan fingerprint density at radius 1 is 1.53 bits per heavy atom. The zero-order valence-electron chi connectivity index (χ0n) is 10.0. The van der Waals surface area contributed by atoms with Crippen molar-refractivity contribution in [2.24, 2.45) is 5.73 Å². The van der Waals surface area contributed by atoms with Gasteiger partial charge in [-0.05, 0) is 25.1 Å². The first-order valence-corrected chi connectivity index (χ1v) is 5.38. The molecule has 0 radical (unpaired) electrons. The summed E-state index contributed by atoms with van der Waals surface area (Å²) in [6.07, 6.45) is 0. The van der Waals surface area contributed by atoms with Gasteiger partial charge in [0.25, 0.3) is 5.91 Å². The van der Waals surface area contributed by atoms with E-state index in [1.165, 1.54) is 0 Å². The smallest absolute Gasteiger partial charge is 0.251 e. The molecule has 0 spiro atoms. The highest BCUT2D eigenvalue weighted by Gasteiger charge is 2.07. The quantitative estimate of drug-likeness (QED) is 0.756. The van der Waals surface area contributed by atoms with Crippen molar-refractivity contribution >= 4 is 5.91 Å². The van der Waals surface area contributed by atoms with E-state index in [2.05, 4.69) is 17.2 Å².